The van der Waals surface area contributed by atoms with Crippen LogP contribution in [0, 0.1) is 0 Å². The number of phenols is 2. The fourth-order valence-electron chi connectivity index (χ4n) is 6.63. The molecule has 6 nitrogen and oxygen atoms in total. The average Bonchev–Trinajstić information content (AvgIpc) is 3.71. The SMILES string of the molecule is Oc1ccc2c(oc3c4ccccc4ccc23)c1-c1ccccn1.Oc1ccc2c(oc3c4ccccc4ccc23)c1-c1ccccn1.[Zn]. The second kappa shape index (κ2) is 12.2. The van der Waals surface area contributed by atoms with Crippen LogP contribution in [0.3, 0.4) is 0 Å². The number of hydrogen-bond donors (Lipinski definition) is 2. The molecule has 0 bridgehead atoms. The summed E-state index contributed by atoms with van der Waals surface area (Å²) in [5.41, 5.74) is 5.67. The number of hydrogen-bond acceptors (Lipinski definition) is 6. The molecule has 0 saturated carbocycles. The summed E-state index contributed by atoms with van der Waals surface area (Å²) in [5, 5.41) is 29.2. The average molecular weight is 688 g/mol. The van der Waals surface area contributed by atoms with Crippen LogP contribution in [0.15, 0.2) is 155 Å². The van der Waals surface area contributed by atoms with Gasteiger partial charge < -0.3 is 19.0 Å². The van der Waals surface area contributed by atoms with Crippen molar-refractivity contribution in [3.8, 4) is 34.0 Å². The van der Waals surface area contributed by atoms with Gasteiger partial charge >= 0.3 is 0 Å². The topological polar surface area (TPSA) is 92.5 Å². The molecular formula is C42H26N2O4Zn. The quantitative estimate of drug-likeness (QED) is 0.176. The van der Waals surface area contributed by atoms with E-state index < -0.39 is 0 Å². The first-order chi connectivity index (χ1) is 23.7. The van der Waals surface area contributed by atoms with Gasteiger partial charge in [-0.25, -0.2) is 0 Å². The molecule has 10 rings (SSSR count). The van der Waals surface area contributed by atoms with Crippen molar-refractivity contribution in [1.29, 1.82) is 0 Å². The second-order valence-corrected chi connectivity index (χ2v) is 11.6. The normalized spacial score (nSPS) is 11.3. The van der Waals surface area contributed by atoms with Crippen LogP contribution in [-0.4, -0.2) is 20.2 Å². The molecule has 230 valence electrons. The van der Waals surface area contributed by atoms with E-state index >= 15 is 0 Å². The number of aromatic nitrogens is 2. The number of furan rings is 2. The van der Waals surface area contributed by atoms with Crippen molar-refractivity contribution in [2.75, 3.05) is 0 Å². The van der Waals surface area contributed by atoms with Gasteiger partial charge in [0, 0.05) is 64.2 Å². The number of phenolic OH excluding ortho intramolecular Hbond substituents is 2. The largest absolute Gasteiger partial charge is 0.507 e. The maximum atomic E-state index is 10.4. The maximum absolute atomic E-state index is 10.4. The molecule has 0 saturated heterocycles. The number of pyridine rings is 2. The Morgan fingerprint density at radius 1 is 0.367 bits per heavy atom. The van der Waals surface area contributed by atoms with E-state index in [0.717, 1.165) is 54.3 Å². The smallest absolute Gasteiger partial charge is 0.148 e. The fraction of sp³-hybridized carbons (Fsp3) is 0. The van der Waals surface area contributed by atoms with Gasteiger partial charge in [-0.2, -0.15) is 0 Å². The Morgan fingerprint density at radius 2 is 0.755 bits per heavy atom. The van der Waals surface area contributed by atoms with Crippen LogP contribution in [0.2, 0.25) is 0 Å². The van der Waals surface area contributed by atoms with Crippen molar-refractivity contribution >= 4 is 65.4 Å². The van der Waals surface area contributed by atoms with Crippen LogP contribution < -0.4 is 0 Å². The van der Waals surface area contributed by atoms with Crippen molar-refractivity contribution in [2.24, 2.45) is 0 Å². The van der Waals surface area contributed by atoms with Crippen LogP contribution in [0.4, 0.5) is 0 Å². The summed E-state index contributed by atoms with van der Waals surface area (Å²) in [4.78, 5) is 8.74. The monoisotopic (exact) mass is 686 g/mol. The summed E-state index contributed by atoms with van der Waals surface area (Å²) in [6.07, 6.45) is 3.43. The van der Waals surface area contributed by atoms with Crippen LogP contribution >= 0.6 is 0 Å². The summed E-state index contributed by atoms with van der Waals surface area (Å²) < 4.78 is 12.5. The van der Waals surface area contributed by atoms with E-state index in [1.54, 1.807) is 24.5 Å². The minimum Gasteiger partial charge on any atom is -0.507 e. The molecule has 2 N–H and O–H groups in total. The Kier molecular flexibility index (Phi) is 7.55. The van der Waals surface area contributed by atoms with Crippen LogP contribution in [0.25, 0.3) is 87.9 Å². The first kappa shape index (κ1) is 30.3. The van der Waals surface area contributed by atoms with E-state index in [9.17, 15) is 10.2 Å². The van der Waals surface area contributed by atoms with Crippen LogP contribution in [0.1, 0.15) is 0 Å². The minimum atomic E-state index is 0. The van der Waals surface area contributed by atoms with Gasteiger partial charge in [0.15, 0.2) is 0 Å². The van der Waals surface area contributed by atoms with Gasteiger partial charge in [0.2, 0.25) is 0 Å². The van der Waals surface area contributed by atoms with Crippen molar-refractivity contribution in [2.45, 2.75) is 0 Å². The van der Waals surface area contributed by atoms with Crippen LogP contribution in [0.5, 0.6) is 11.5 Å². The van der Waals surface area contributed by atoms with Gasteiger partial charge in [-0.3, -0.25) is 9.97 Å². The molecule has 49 heavy (non-hydrogen) atoms. The molecule has 0 amide bonds. The number of aromatic hydroxyl groups is 2. The van der Waals surface area contributed by atoms with Gasteiger partial charge in [-0.05, 0) is 71.4 Å². The fourth-order valence-corrected chi connectivity index (χ4v) is 6.63. The Bertz CT molecular complexity index is 2610. The molecule has 0 aliphatic heterocycles. The number of rotatable bonds is 2. The Balaban J connectivity index is 0.000000139. The molecule has 7 heteroatoms. The minimum absolute atomic E-state index is 0. The Morgan fingerprint density at radius 3 is 1.18 bits per heavy atom. The molecular weight excluding hydrogens is 662 g/mol. The molecule has 0 unspecified atom stereocenters. The van der Waals surface area contributed by atoms with Crippen molar-refractivity contribution in [3.05, 3.63) is 146 Å². The molecule has 0 fully saturated rings. The third-order valence-electron chi connectivity index (χ3n) is 8.86. The molecule has 6 aromatic carbocycles. The van der Waals surface area contributed by atoms with E-state index in [-0.39, 0.29) is 31.0 Å². The van der Waals surface area contributed by atoms with Gasteiger partial charge in [-0.15, -0.1) is 0 Å². The van der Waals surface area contributed by atoms with E-state index in [0.29, 0.717) is 33.7 Å². The number of fused-ring (bicyclic) bond motifs is 10. The molecule has 4 heterocycles. The Labute approximate surface area is 292 Å². The van der Waals surface area contributed by atoms with E-state index in [4.69, 9.17) is 8.83 Å². The molecule has 0 spiro atoms. The number of benzene rings is 6. The zero-order valence-corrected chi connectivity index (χ0v) is 29.1. The second-order valence-electron chi connectivity index (χ2n) is 11.6. The number of nitrogens with zero attached hydrogens (tertiary/aromatic N) is 2. The molecule has 0 aliphatic carbocycles. The maximum Gasteiger partial charge on any atom is 0.148 e. The van der Waals surface area contributed by atoms with Crippen LogP contribution in [-0.2, 0) is 19.5 Å². The standard InChI is InChI=1S/2C21H13NO2.Zn/c2*23-18-11-10-16-15-9-8-13-5-1-2-6-14(13)20(15)24-21(16)19(18)17-7-3-4-12-22-17;/h2*1-12,23H;. The van der Waals surface area contributed by atoms with Gasteiger partial charge in [0.25, 0.3) is 0 Å². The molecule has 0 aliphatic rings. The predicted octanol–water partition coefficient (Wildman–Crippen LogP) is 11.0. The van der Waals surface area contributed by atoms with Gasteiger partial charge in [0.1, 0.15) is 33.8 Å². The van der Waals surface area contributed by atoms with E-state index in [2.05, 4.69) is 58.5 Å². The molecule has 10 aromatic rings. The Hall–Kier alpha value is -6.04. The molecule has 0 radical (unpaired) electrons. The third-order valence-corrected chi connectivity index (χ3v) is 8.86. The molecule has 0 atom stereocenters. The summed E-state index contributed by atoms with van der Waals surface area (Å²) in [7, 11) is 0. The van der Waals surface area contributed by atoms with Crippen molar-refractivity contribution in [1.82, 2.24) is 9.97 Å². The van der Waals surface area contributed by atoms with E-state index in [1.165, 1.54) is 0 Å². The predicted molar refractivity (Wildman–Crippen MR) is 192 cm³/mol. The third kappa shape index (κ3) is 4.98. The first-order valence-corrected chi connectivity index (χ1v) is 15.6. The summed E-state index contributed by atoms with van der Waals surface area (Å²) in [6.45, 7) is 0. The molecule has 4 aromatic heterocycles. The van der Waals surface area contributed by atoms with E-state index in [1.807, 2.05) is 72.8 Å². The van der Waals surface area contributed by atoms with Gasteiger partial charge in [-0.1, -0.05) is 72.8 Å². The van der Waals surface area contributed by atoms with Gasteiger partial charge in [0.05, 0.1) is 22.5 Å². The summed E-state index contributed by atoms with van der Waals surface area (Å²) in [6, 6.07) is 43.1. The summed E-state index contributed by atoms with van der Waals surface area (Å²) in [5.74, 6) is 0.342. The first-order valence-electron chi connectivity index (χ1n) is 15.6. The van der Waals surface area contributed by atoms with Crippen molar-refractivity contribution < 1.29 is 38.5 Å². The summed E-state index contributed by atoms with van der Waals surface area (Å²) >= 11 is 0. The zero-order valence-electron chi connectivity index (χ0n) is 26.2. The zero-order chi connectivity index (χ0) is 32.2. The van der Waals surface area contributed by atoms with Crippen molar-refractivity contribution in [3.63, 3.8) is 0 Å².